The Morgan fingerprint density at radius 2 is 1.63 bits per heavy atom. The number of carbonyl (C=O) groups excluding carboxylic acids is 1. The van der Waals surface area contributed by atoms with Gasteiger partial charge in [0.05, 0.1) is 0 Å². The van der Waals surface area contributed by atoms with Gasteiger partial charge < -0.3 is 4.74 Å². The average Bonchev–Trinajstić information content (AvgIpc) is 2.39. The zero-order valence-electron chi connectivity index (χ0n) is 11.1. The summed E-state index contributed by atoms with van der Waals surface area (Å²) in [6.07, 6.45) is 0. The fourth-order valence-corrected chi connectivity index (χ4v) is 1.72. The van der Waals surface area contributed by atoms with E-state index in [2.05, 4.69) is 6.58 Å². The van der Waals surface area contributed by atoms with Crippen molar-refractivity contribution in [3.8, 4) is 11.5 Å². The van der Waals surface area contributed by atoms with Gasteiger partial charge in [-0.2, -0.15) is 0 Å². The number of ketones is 1. The van der Waals surface area contributed by atoms with Gasteiger partial charge in [-0.25, -0.2) is 0 Å². The summed E-state index contributed by atoms with van der Waals surface area (Å²) in [5, 5.41) is 0. The molecule has 2 heteroatoms. The molecular weight excluding hydrogens is 236 g/mol. The van der Waals surface area contributed by atoms with E-state index in [9.17, 15) is 4.79 Å². The van der Waals surface area contributed by atoms with Crippen molar-refractivity contribution < 1.29 is 9.53 Å². The standard InChI is InChI=1S/C17H16O2/c1-12(2)15-5-4-6-17(11-15)19-16-9-7-14(8-10-16)13(3)18/h4-11H,1H2,2-3H3. The summed E-state index contributed by atoms with van der Waals surface area (Å²) in [6.45, 7) is 7.42. The second kappa shape index (κ2) is 5.53. The molecule has 0 radical (unpaired) electrons. The van der Waals surface area contributed by atoms with E-state index in [1.54, 1.807) is 31.2 Å². The predicted molar refractivity (Wildman–Crippen MR) is 77.7 cm³/mol. The molecule has 0 atom stereocenters. The third-order valence-corrected chi connectivity index (χ3v) is 2.82. The maximum Gasteiger partial charge on any atom is 0.159 e. The van der Waals surface area contributed by atoms with Gasteiger partial charge in [0.2, 0.25) is 0 Å². The Hall–Kier alpha value is -2.35. The topological polar surface area (TPSA) is 26.3 Å². The van der Waals surface area contributed by atoms with Crippen LogP contribution in [-0.4, -0.2) is 5.78 Å². The molecule has 2 aromatic carbocycles. The van der Waals surface area contributed by atoms with Crippen LogP contribution in [0.25, 0.3) is 5.57 Å². The lowest BCUT2D eigenvalue weighted by Gasteiger charge is -2.08. The Morgan fingerprint density at radius 1 is 0.947 bits per heavy atom. The van der Waals surface area contributed by atoms with E-state index in [4.69, 9.17) is 4.74 Å². The van der Waals surface area contributed by atoms with Gasteiger partial charge in [0.15, 0.2) is 5.78 Å². The quantitative estimate of drug-likeness (QED) is 0.736. The van der Waals surface area contributed by atoms with Crippen LogP contribution in [0.15, 0.2) is 55.1 Å². The van der Waals surface area contributed by atoms with Gasteiger partial charge in [-0.15, -0.1) is 0 Å². The van der Waals surface area contributed by atoms with Crippen LogP contribution in [0.3, 0.4) is 0 Å². The van der Waals surface area contributed by atoms with Crippen LogP contribution in [0.5, 0.6) is 11.5 Å². The van der Waals surface area contributed by atoms with Crippen molar-refractivity contribution in [1.82, 2.24) is 0 Å². The number of hydrogen-bond acceptors (Lipinski definition) is 2. The largest absolute Gasteiger partial charge is 0.457 e. The van der Waals surface area contributed by atoms with Gasteiger partial charge in [0.1, 0.15) is 11.5 Å². The van der Waals surface area contributed by atoms with Crippen LogP contribution in [0.4, 0.5) is 0 Å². The molecule has 0 aliphatic heterocycles. The van der Waals surface area contributed by atoms with Crippen molar-refractivity contribution in [2.24, 2.45) is 0 Å². The zero-order valence-corrected chi connectivity index (χ0v) is 11.1. The summed E-state index contributed by atoms with van der Waals surface area (Å²) < 4.78 is 5.75. The van der Waals surface area contributed by atoms with E-state index in [0.29, 0.717) is 11.3 Å². The summed E-state index contributed by atoms with van der Waals surface area (Å²) in [5.74, 6) is 1.52. The zero-order chi connectivity index (χ0) is 13.8. The van der Waals surface area contributed by atoms with E-state index in [1.807, 2.05) is 31.2 Å². The SMILES string of the molecule is C=C(C)c1cccc(Oc2ccc(C(C)=O)cc2)c1. The molecule has 96 valence electrons. The Labute approximate surface area is 113 Å². The molecule has 19 heavy (non-hydrogen) atoms. The highest BCUT2D eigenvalue weighted by molar-refractivity contribution is 5.94. The number of ether oxygens (including phenoxy) is 1. The van der Waals surface area contributed by atoms with Crippen LogP contribution in [0.2, 0.25) is 0 Å². The molecule has 0 bridgehead atoms. The number of benzene rings is 2. The lowest BCUT2D eigenvalue weighted by Crippen LogP contribution is -1.91. The molecule has 0 aliphatic rings. The Balaban J connectivity index is 2.19. The molecule has 0 aliphatic carbocycles. The first kappa shape index (κ1) is 13.1. The molecule has 0 aromatic heterocycles. The molecule has 0 saturated carbocycles. The molecule has 2 aromatic rings. The molecule has 0 fully saturated rings. The minimum atomic E-state index is 0.0517. The smallest absolute Gasteiger partial charge is 0.159 e. The molecule has 2 nitrogen and oxygen atoms in total. The fraction of sp³-hybridized carbons (Fsp3) is 0.118. The van der Waals surface area contributed by atoms with Gasteiger partial charge in [0, 0.05) is 5.56 Å². The maximum absolute atomic E-state index is 11.2. The van der Waals surface area contributed by atoms with E-state index >= 15 is 0 Å². The second-order valence-corrected chi connectivity index (χ2v) is 4.49. The Morgan fingerprint density at radius 3 is 2.21 bits per heavy atom. The van der Waals surface area contributed by atoms with Gasteiger partial charge >= 0.3 is 0 Å². The number of carbonyl (C=O) groups is 1. The summed E-state index contributed by atoms with van der Waals surface area (Å²) >= 11 is 0. The van der Waals surface area contributed by atoms with E-state index < -0.39 is 0 Å². The van der Waals surface area contributed by atoms with E-state index in [1.165, 1.54) is 0 Å². The van der Waals surface area contributed by atoms with E-state index in [0.717, 1.165) is 16.9 Å². The maximum atomic E-state index is 11.2. The normalized spacial score (nSPS) is 10.0. The minimum Gasteiger partial charge on any atom is -0.457 e. The van der Waals surface area contributed by atoms with Crippen LogP contribution in [0.1, 0.15) is 29.8 Å². The van der Waals surface area contributed by atoms with Crippen LogP contribution < -0.4 is 4.74 Å². The molecule has 0 heterocycles. The molecule has 0 amide bonds. The average molecular weight is 252 g/mol. The summed E-state index contributed by atoms with van der Waals surface area (Å²) in [6, 6.07) is 14.9. The van der Waals surface area contributed by atoms with Gasteiger partial charge in [-0.1, -0.05) is 24.3 Å². The van der Waals surface area contributed by atoms with Crippen molar-refractivity contribution in [2.75, 3.05) is 0 Å². The van der Waals surface area contributed by atoms with Crippen molar-refractivity contribution in [2.45, 2.75) is 13.8 Å². The molecule has 0 spiro atoms. The third kappa shape index (κ3) is 3.32. The Kier molecular flexibility index (Phi) is 3.81. The molecule has 0 N–H and O–H groups in total. The number of hydrogen-bond donors (Lipinski definition) is 0. The van der Waals surface area contributed by atoms with Crippen molar-refractivity contribution >= 4 is 11.4 Å². The number of allylic oxidation sites excluding steroid dienone is 1. The predicted octanol–water partition coefficient (Wildman–Crippen LogP) is 4.71. The van der Waals surface area contributed by atoms with Crippen molar-refractivity contribution in [3.63, 3.8) is 0 Å². The molecule has 2 rings (SSSR count). The lowest BCUT2D eigenvalue weighted by atomic mass is 10.1. The monoisotopic (exact) mass is 252 g/mol. The van der Waals surface area contributed by atoms with E-state index in [-0.39, 0.29) is 5.78 Å². The molecule has 0 saturated heterocycles. The van der Waals surface area contributed by atoms with Crippen LogP contribution in [0, 0.1) is 0 Å². The molecule has 0 unspecified atom stereocenters. The van der Waals surface area contributed by atoms with Crippen molar-refractivity contribution in [1.29, 1.82) is 0 Å². The Bertz CT molecular complexity index is 609. The first-order valence-electron chi connectivity index (χ1n) is 6.11. The summed E-state index contributed by atoms with van der Waals surface area (Å²) in [7, 11) is 0. The summed E-state index contributed by atoms with van der Waals surface area (Å²) in [4.78, 5) is 11.2. The third-order valence-electron chi connectivity index (χ3n) is 2.82. The highest BCUT2D eigenvalue weighted by Crippen LogP contribution is 2.24. The van der Waals surface area contributed by atoms with Gasteiger partial charge in [-0.3, -0.25) is 4.79 Å². The fourth-order valence-electron chi connectivity index (χ4n) is 1.72. The number of Topliss-reactive ketones (excluding diaryl/α,β-unsaturated/α-hetero) is 1. The first-order valence-corrected chi connectivity index (χ1v) is 6.11. The highest BCUT2D eigenvalue weighted by atomic mass is 16.5. The van der Waals surface area contributed by atoms with Crippen LogP contribution >= 0.6 is 0 Å². The highest BCUT2D eigenvalue weighted by Gasteiger charge is 2.02. The summed E-state index contributed by atoms with van der Waals surface area (Å²) in [5.41, 5.74) is 2.73. The van der Waals surface area contributed by atoms with Gasteiger partial charge in [-0.05, 0) is 55.8 Å². The number of rotatable bonds is 4. The molecular formula is C17H16O2. The minimum absolute atomic E-state index is 0.0517. The second-order valence-electron chi connectivity index (χ2n) is 4.49. The van der Waals surface area contributed by atoms with Gasteiger partial charge in [0.25, 0.3) is 0 Å². The lowest BCUT2D eigenvalue weighted by molar-refractivity contribution is 0.101. The first-order chi connectivity index (χ1) is 9.06. The van der Waals surface area contributed by atoms with Crippen LogP contribution in [-0.2, 0) is 0 Å². The van der Waals surface area contributed by atoms with Crippen molar-refractivity contribution in [3.05, 3.63) is 66.2 Å².